The molecule has 3 nitrogen and oxygen atoms in total. The largest absolute Gasteiger partial charge is 0.519 e. The first-order valence-electron chi connectivity index (χ1n) is 15.8. The summed E-state index contributed by atoms with van der Waals surface area (Å²) in [5.41, 5.74) is 2.58. The molecule has 0 aromatic heterocycles. The minimum atomic E-state index is -0.691. The van der Waals surface area contributed by atoms with E-state index >= 15 is 0 Å². The first-order valence-corrected chi connectivity index (χ1v) is 15.8. The van der Waals surface area contributed by atoms with Gasteiger partial charge in [-0.25, -0.2) is 4.79 Å². The molecule has 0 bridgehead atoms. The Morgan fingerprint density at radius 3 is 1.05 bits per heavy atom. The molecule has 0 aliphatic carbocycles. The summed E-state index contributed by atoms with van der Waals surface area (Å²) in [5.74, 6) is 1.04. The van der Waals surface area contributed by atoms with Crippen LogP contribution in [0.3, 0.4) is 0 Å². The van der Waals surface area contributed by atoms with E-state index in [4.69, 9.17) is 9.47 Å². The molecule has 2 aromatic rings. The molecule has 38 heavy (non-hydrogen) atoms. The number of carbonyl (C=O) groups excluding carboxylic acids is 1. The normalized spacial score (nSPS) is 11.0. The van der Waals surface area contributed by atoms with Crippen molar-refractivity contribution < 1.29 is 14.3 Å². The summed E-state index contributed by atoms with van der Waals surface area (Å²) < 4.78 is 10.7. The van der Waals surface area contributed by atoms with Gasteiger partial charge in [0.1, 0.15) is 11.5 Å². The van der Waals surface area contributed by atoms with Crippen molar-refractivity contribution >= 4 is 6.16 Å². The van der Waals surface area contributed by atoms with Crippen LogP contribution in [0.4, 0.5) is 4.79 Å². The molecule has 0 atom stereocenters. The van der Waals surface area contributed by atoms with Gasteiger partial charge in [-0.05, 0) is 61.1 Å². The fourth-order valence-electron chi connectivity index (χ4n) is 4.94. The second-order valence-corrected chi connectivity index (χ2v) is 10.9. The van der Waals surface area contributed by atoms with Crippen LogP contribution in [0.25, 0.3) is 0 Å². The highest BCUT2D eigenvalue weighted by molar-refractivity contribution is 5.67. The SMILES string of the molecule is CCCCCCCCCCCc1ccc(OC(=O)Oc2ccc(CCCCCCCCCCC)cc2)cc1. The van der Waals surface area contributed by atoms with E-state index < -0.39 is 6.16 Å². The molecule has 2 rings (SSSR count). The van der Waals surface area contributed by atoms with E-state index in [-0.39, 0.29) is 0 Å². The van der Waals surface area contributed by atoms with Gasteiger partial charge in [0.05, 0.1) is 0 Å². The van der Waals surface area contributed by atoms with Crippen molar-refractivity contribution in [2.75, 3.05) is 0 Å². The third-order valence-corrected chi connectivity index (χ3v) is 7.39. The fraction of sp³-hybridized carbons (Fsp3) is 0.629. The highest BCUT2D eigenvalue weighted by Gasteiger charge is 2.08. The molecule has 0 aliphatic rings. The summed E-state index contributed by atoms with van der Waals surface area (Å²) in [6.07, 6.45) is 25.6. The average molecular weight is 523 g/mol. The van der Waals surface area contributed by atoms with E-state index in [1.807, 2.05) is 24.3 Å². The molecule has 0 saturated carbocycles. The summed E-state index contributed by atoms with van der Waals surface area (Å²) in [7, 11) is 0. The number of carbonyl (C=O) groups is 1. The number of unbranched alkanes of at least 4 members (excludes halogenated alkanes) is 16. The molecule has 0 aliphatic heterocycles. The van der Waals surface area contributed by atoms with E-state index in [0.29, 0.717) is 11.5 Å². The first kappa shape index (κ1) is 31.9. The van der Waals surface area contributed by atoms with Gasteiger partial charge < -0.3 is 9.47 Å². The zero-order valence-corrected chi connectivity index (χ0v) is 24.5. The van der Waals surface area contributed by atoms with Gasteiger partial charge in [0.2, 0.25) is 0 Å². The molecule has 0 saturated heterocycles. The molecule has 0 unspecified atom stereocenters. The number of ether oxygens (including phenoxy) is 2. The maximum absolute atomic E-state index is 12.2. The zero-order chi connectivity index (χ0) is 27.1. The number of benzene rings is 2. The van der Waals surface area contributed by atoms with Crippen molar-refractivity contribution in [2.24, 2.45) is 0 Å². The van der Waals surface area contributed by atoms with Crippen molar-refractivity contribution in [3.05, 3.63) is 59.7 Å². The Balaban J connectivity index is 1.55. The number of hydrogen-bond donors (Lipinski definition) is 0. The lowest BCUT2D eigenvalue weighted by Crippen LogP contribution is -2.13. The first-order chi connectivity index (χ1) is 18.7. The smallest absolute Gasteiger partial charge is 0.395 e. The summed E-state index contributed by atoms with van der Waals surface area (Å²) in [6.45, 7) is 4.53. The van der Waals surface area contributed by atoms with Gasteiger partial charge in [-0.1, -0.05) is 141 Å². The van der Waals surface area contributed by atoms with Crippen LogP contribution < -0.4 is 9.47 Å². The van der Waals surface area contributed by atoms with Crippen molar-refractivity contribution in [3.8, 4) is 11.5 Å². The molecular weight excluding hydrogens is 468 g/mol. The third-order valence-electron chi connectivity index (χ3n) is 7.39. The van der Waals surface area contributed by atoms with E-state index in [2.05, 4.69) is 38.1 Å². The Hall–Kier alpha value is -2.29. The average Bonchev–Trinajstić information content (AvgIpc) is 2.93. The van der Waals surface area contributed by atoms with Crippen LogP contribution in [0, 0.1) is 0 Å². The minimum absolute atomic E-state index is 0.521. The topological polar surface area (TPSA) is 35.5 Å². The van der Waals surface area contributed by atoms with E-state index in [1.165, 1.54) is 127 Å². The van der Waals surface area contributed by atoms with Crippen molar-refractivity contribution in [3.63, 3.8) is 0 Å². The van der Waals surface area contributed by atoms with Gasteiger partial charge in [-0.15, -0.1) is 0 Å². The number of aryl methyl sites for hydroxylation is 2. The molecule has 2 aromatic carbocycles. The van der Waals surface area contributed by atoms with Crippen LogP contribution in [0.15, 0.2) is 48.5 Å². The highest BCUT2D eigenvalue weighted by Crippen LogP contribution is 2.19. The maximum Gasteiger partial charge on any atom is 0.519 e. The molecule has 0 radical (unpaired) electrons. The minimum Gasteiger partial charge on any atom is -0.395 e. The van der Waals surface area contributed by atoms with Crippen molar-refractivity contribution in [1.82, 2.24) is 0 Å². The summed E-state index contributed by atoms with van der Waals surface area (Å²) in [6, 6.07) is 15.6. The van der Waals surface area contributed by atoms with E-state index in [1.54, 1.807) is 0 Å². The van der Waals surface area contributed by atoms with Gasteiger partial charge in [0, 0.05) is 0 Å². The van der Waals surface area contributed by atoms with Crippen LogP contribution in [0.2, 0.25) is 0 Å². The second kappa shape index (κ2) is 21.6. The molecule has 3 heteroatoms. The van der Waals surface area contributed by atoms with Gasteiger partial charge in [-0.2, -0.15) is 0 Å². The molecule has 212 valence electrons. The van der Waals surface area contributed by atoms with Gasteiger partial charge in [0.25, 0.3) is 0 Å². The Bertz CT molecular complexity index is 756. The van der Waals surface area contributed by atoms with E-state index in [0.717, 1.165) is 12.8 Å². The lowest BCUT2D eigenvalue weighted by Gasteiger charge is -2.08. The number of hydrogen-bond acceptors (Lipinski definition) is 3. The van der Waals surface area contributed by atoms with Crippen LogP contribution in [-0.4, -0.2) is 6.16 Å². The van der Waals surface area contributed by atoms with Gasteiger partial charge in [0.15, 0.2) is 0 Å². The lowest BCUT2D eigenvalue weighted by molar-refractivity contribution is 0.152. The monoisotopic (exact) mass is 522 g/mol. The van der Waals surface area contributed by atoms with Gasteiger partial charge in [-0.3, -0.25) is 0 Å². The third kappa shape index (κ3) is 15.8. The lowest BCUT2D eigenvalue weighted by atomic mass is 10.0. The standard InChI is InChI=1S/C35H54O3/c1-3-5-7-9-11-13-15-17-19-21-31-23-27-33(28-24-31)37-35(36)38-34-29-25-32(26-30-34)22-20-18-16-14-12-10-8-6-4-2/h23-30H,3-22H2,1-2H3. The fourth-order valence-corrected chi connectivity index (χ4v) is 4.94. The molecular formula is C35H54O3. The predicted molar refractivity (Wildman–Crippen MR) is 161 cm³/mol. The quantitative estimate of drug-likeness (QED) is 0.0876. The Morgan fingerprint density at radius 1 is 0.447 bits per heavy atom. The summed E-state index contributed by atoms with van der Waals surface area (Å²) in [5, 5.41) is 0. The Morgan fingerprint density at radius 2 is 0.737 bits per heavy atom. The van der Waals surface area contributed by atoms with Crippen LogP contribution >= 0.6 is 0 Å². The molecule has 0 heterocycles. The number of rotatable bonds is 22. The Labute approximate surface area is 233 Å². The zero-order valence-electron chi connectivity index (χ0n) is 24.5. The highest BCUT2D eigenvalue weighted by atomic mass is 16.7. The van der Waals surface area contributed by atoms with Crippen molar-refractivity contribution in [2.45, 2.75) is 142 Å². The predicted octanol–water partition coefficient (Wildman–Crippen LogP) is 11.4. The summed E-state index contributed by atoms with van der Waals surface area (Å²) >= 11 is 0. The Kier molecular flexibility index (Phi) is 18.2. The van der Waals surface area contributed by atoms with Gasteiger partial charge >= 0.3 is 6.16 Å². The summed E-state index contributed by atoms with van der Waals surface area (Å²) in [4.78, 5) is 12.2. The van der Waals surface area contributed by atoms with Crippen molar-refractivity contribution in [1.29, 1.82) is 0 Å². The van der Waals surface area contributed by atoms with Crippen LogP contribution in [-0.2, 0) is 12.8 Å². The maximum atomic E-state index is 12.2. The van der Waals surface area contributed by atoms with E-state index in [9.17, 15) is 4.79 Å². The molecule has 0 amide bonds. The second-order valence-electron chi connectivity index (χ2n) is 10.9. The molecule has 0 N–H and O–H groups in total. The molecule has 0 fully saturated rings. The van der Waals surface area contributed by atoms with Crippen LogP contribution in [0.1, 0.15) is 141 Å². The molecule has 0 spiro atoms. The van der Waals surface area contributed by atoms with Crippen LogP contribution in [0.5, 0.6) is 11.5 Å².